The zero-order valence-electron chi connectivity index (χ0n) is 9.08. The first-order valence-electron chi connectivity index (χ1n) is 5.28. The van der Waals surface area contributed by atoms with Crippen molar-refractivity contribution in [2.45, 2.75) is 39.2 Å². The van der Waals surface area contributed by atoms with Gasteiger partial charge in [0.25, 0.3) is 0 Å². The van der Waals surface area contributed by atoms with Crippen LogP contribution in [-0.4, -0.2) is 16.8 Å². The summed E-state index contributed by atoms with van der Waals surface area (Å²) in [5.74, 6) is 0.932. The molecule has 1 rings (SSSR count). The lowest BCUT2D eigenvalue weighted by atomic mass is 10.2. The molecule has 0 aliphatic heterocycles. The van der Waals surface area contributed by atoms with Crippen molar-refractivity contribution < 1.29 is 0 Å². The maximum atomic E-state index is 5.74. The molecule has 0 spiro atoms. The molecule has 0 amide bonds. The van der Waals surface area contributed by atoms with Crippen molar-refractivity contribution in [2.75, 3.05) is 18.1 Å². The van der Waals surface area contributed by atoms with Gasteiger partial charge in [-0.1, -0.05) is 26.2 Å². The molecule has 0 aliphatic rings. The molecule has 1 aromatic rings. The van der Waals surface area contributed by atoms with Crippen molar-refractivity contribution in [3.8, 4) is 0 Å². The van der Waals surface area contributed by atoms with Crippen LogP contribution in [0.3, 0.4) is 0 Å². The molecule has 0 bridgehead atoms. The molecule has 0 atom stereocenters. The third kappa shape index (κ3) is 2.65. The molecule has 1 aromatic heterocycles. The summed E-state index contributed by atoms with van der Waals surface area (Å²) in [5.41, 5.74) is 6.46. The van der Waals surface area contributed by atoms with Gasteiger partial charge in [0.15, 0.2) is 0 Å². The molecule has 0 saturated carbocycles. The highest BCUT2D eigenvalue weighted by molar-refractivity contribution is 5.60. The summed E-state index contributed by atoms with van der Waals surface area (Å²) < 4.78 is 1.94. The number of hydrogen-bond donors (Lipinski definition) is 2. The number of nitrogens with two attached hydrogens (primary N) is 1. The van der Waals surface area contributed by atoms with Gasteiger partial charge in [-0.3, -0.25) is 0 Å². The Hall–Kier alpha value is -1.19. The fraction of sp³-hybridized carbons (Fsp3) is 0.700. The van der Waals surface area contributed by atoms with E-state index in [-0.39, 0.29) is 0 Å². The summed E-state index contributed by atoms with van der Waals surface area (Å²) in [5, 5.41) is 7.27. The van der Waals surface area contributed by atoms with Gasteiger partial charge in [0.1, 0.15) is 5.82 Å². The van der Waals surface area contributed by atoms with Crippen LogP contribution in [0.4, 0.5) is 11.5 Å². The fourth-order valence-corrected chi connectivity index (χ4v) is 1.53. The molecule has 4 nitrogen and oxygen atoms in total. The van der Waals surface area contributed by atoms with E-state index in [2.05, 4.69) is 17.3 Å². The van der Waals surface area contributed by atoms with E-state index in [9.17, 15) is 0 Å². The average molecular weight is 196 g/mol. The molecule has 0 saturated heterocycles. The van der Waals surface area contributed by atoms with Gasteiger partial charge in [0, 0.05) is 13.6 Å². The number of rotatable bonds is 6. The van der Waals surface area contributed by atoms with Gasteiger partial charge in [-0.15, -0.1) is 0 Å². The predicted octanol–water partition coefficient (Wildman–Crippen LogP) is 2.09. The summed E-state index contributed by atoms with van der Waals surface area (Å²) in [7, 11) is 1.87. The predicted molar refractivity (Wildman–Crippen MR) is 60.3 cm³/mol. The largest absolute Gasteiger partial charge is 0.394 e. The van der Waals surface area contributed by atoms with E-state index in [1.807, 2.05) is 11.7 Å². The summed E-state index contributed by atoms with van der Waals surface area (Å²) in [6.07, 6.45) is 6.69. The highest BCUT2D eigenvalue weighted by Gasteiger charge is 2.04. The summed E-state index contributed by atoms with van der Waals surface area (Å²) in [4.78, 5) is 0. The topological polar surface area (TPSA) is 55.9 Å². The van der Waals surface area contributed by atoms with Crippen LogP contribution >= 0.6 is 0 Å². The third-order valence-corrected chi connectivity index (χ3v) is 2.33. The molecule has 0 aromatic carbocycles. The first-order valence-corrected chi connectivity index (χ1v) is 5.28. The van der Waals surface area contributed by atoms with Crippen LogP contribution in [0.15, 0.2) is 6.20 Å². The van der Waals surface area contributed by atoms with Gasteiger partial charge in [0.05, 0.1) is 11.9 Å². The highest BCUT2D eigenvalue weighted by atomic mass is 15.3. The van der Waals surface area contributed by atoms with Gasteiger partial charge >= 0.3 is 0 Å². The molecule has 14 heavy (non-hydrogen) atoms. The second kappa shape index (κ2) is 5.52. The minimum Gasteiger partial charge on any atom is -0.394 e. The zero-order valence-corrected chi connectivity index (χ0v) is 9.08. The van der Waals surface area contributed by atoms with E-state index in [1.54, 1.807) is 6.20 Å². The quantitative estimate of drug-likeness (QED) is 0.685. The normalized spacial score (nSPS) is 10.4. The molecular weight excluding hydrogens is 176 g/mol. The average Bonchev–Trinajstić information content (AvgIpc) is 2.54. The minimum absolute atomic E-state index is 0.725. The van der Waals surface area contributed by atoms with E-state index in [4.69, 9.17) is 5.73 Å². The van der Waals surface area contributed by atoms with E-state index in [0.29, 0.717) is 0 Å². The summed E-state index contributed by atoms with van der Waals surface area (Å²) >= 11 is 0. The van der Waals surface area contributed by atoms with Gasteiger partial charge in [0.2, 0.25) is 0 Å². The van der Waals surface area contributed by atoms with Gasteiger partial charge in [-0.05, 0) is 6.42 Å². The standard InChI is InChI=1S/C10H20N4/c1-3-4-5-6-7-14-10(12-2)9(11)8-13-14/h8,12H,3-7,11H2,1-2H3. The second-order valence-corrected chi connectivity index (χ2v) is 3.48. The molecule has 3 N–H and O–H groups in total. The first-order chi connectivity index (χ1) is 6.79. The van der Waals surface area contributed by atoms with Crippen LogP contribution in [0.1, 0.15) is 32.6 Å². The van der Waals surface area contributed by atoms with Crippen molar-refractivity contribution in [1.29, 1.82) is 0 Å². The van der Waals surface area contributed by atoms with Crippen LogP contribution in [-0.2, 0) is 6.54 Å². The Kier molecular flexibility index (Phi) is 4.29. The van der Waals surface area contributed by atoms with Gasteiger partial charge in [-0.2, -0.15) is 5.10 Å². The van der Waals surface area contributed by atoms with E-state index < -0.39 is 0 Å². The number of nitrogen functional groups attached to an aromatic ring is 1. The number of hydrogen-bond acceptors (Lipinski definition) is 3. The van der Waals surface area contributed by atoms with Crippen molar-refractivity contribution in [3.63, 3.8) is 0 Å². The summed E-state index contributed by atoms with van der Waals surface area (Å²) in [6, 6.07) is 0. The van der Waals surface area contributed by atoms with Crippen LogP contribution in [0.25, 0.3) is 0 Å². The number of nitrogens with zero attached hydrogens (tertiary/aromatic N) is 2. The maximum absolute atomic E-state index is 5.74. The number of unbranched alkanes of at least 4 members (excludes halogenated alkanes) is 3. The van der Waals surface area contributed by atoms with E-state index in [0.717, 1.165) is 18.1 Å². The van der Waals surface area contributed by atoms with Crippen molar-refractivity contribution in [3.05, 3.63) is 6.20 Å². The van der Waals surface area contributed by atoms with Crippen LogP contribution in [0, 0.1) is 0 Å². The fourth-order valence-electron chi connectivity index (χ4n) is 1.53. The van der Waals surface area contributed by atoms with Gasteiger partial charge < -0.3 is 11.1 Å². The molecular formula is C10H20N4. The monoisotopic (exact) mass is 196 g/mol. The second-order valence-electron chi connectivity index (χ2n) is 3.48. The molecule has 0 unspecified atom stereocenters. The smallest absolute Gasteiger partial charge is 0.147 e. The Balaban J connectivity index is 2.42. The zero-order chi connectivity index (χ0) is 10.4. The Bertz CT molecular complexity index is 267. The molecule has 80 valence electrons. The minimum atomic E-state index is 0.725. The van der Waals surface area contributed by atoms with Gasteiger partial charge in [-0.25, -0.2) is 4.68 Å². The lowest BCUT2D eigenvalue weighted by molar-refractivity contribution is 0.546. The SMILES string of the molecule is CCCCCCn1ncc(N)c1NC. The molecule has 0 radical (unpaired) electrons. The van der Waals surface area contributed by atoms with Crippen LogP contribution in [0.5, 0.6) is 0 Å². The van der Waals surface area contributed by atoms with Crippen molar-refractivity contribution >= 4 is 11.5 Å². The van der Waals surface area contributed by atoms with Crippen LogP contribution < -0.4 is 11.1 Å². The molecule has 0 fully saturated rings. The Morgan fingerprint density at radius 3 is 2.86 bits per heavy atom. The third-order valence-electron chi connectivity index (χ3n) is 2.33. The lowest BCUT2D eigenvalue weighted by Crippen LogP contribution is -2.06. The summed E-state index contributed by atoms with van der Waals surface area (Å²) in [6.45, 7) is 3.16. The Morgan fingerprint density at radius 1 is 1.43 bits per heavy atom. The van der Waals surface area contributed by atoms with Crippen molar-refractivity contribution in [1.82, 2.24) is 9.78 Å². The van der Waals surface area contributed by atoms with E-state index in [1.165, 1.54) is 25.7 Å². The first kappa shape index (κ1) is 10.9. The van der Waals surface area contributed by atoms with Crippen molar-refractivity contribution in [2.24, 2.45) is 0 Å². The molecule has 0 aliphatic carbocycles. The van der Waals surface area contributed by atoms with Crippen LogP contribution in [0.2, 0.25) is 0 Å². The molecule has 4 heteroatoms. The number of nitrogens with one attached hydrogen (secondary N) is 1. The van der Waals surface area contributed by atoms with E-state index >= 15 is 0 Å². The molecule has 1 heterocycles. The number of anilines is 2. The Labute approximate surface area is 85.5 Å². The lowest BCUT2D eigenvalue weighted by Gasteiger charge is -2.06. The maximum Gasteiger partial charge on any atom is 0.147 e. The Morgan fingerprint density at radius 2 is 2.21 bits per heavy atom. The highest BCUT2D eigenvalue weighted by Crippen LogP contribution is 2.17. The number of aryl methyl sites for hydroxylation is 1. The number of aromatic nitrogens is 2.